The summed E-state index contributed by atoms with van der Waals surface area (Å²) in [5.41, 5.74) is 0.0318. The van der Waals surface area contributed by atoms with Gasteiger partial charge in [0, 0.05) is 49.2 Å². The zero-order chi connectivity index (χ0) is 26.7. The fourth-order valence-electron chi connectivity index (χ4n) is 4.74. The predicted molar refractivity (Wildman–Crippen MR) is 132 cm³/mol. The zero-order valence-corrected chi connectivity index (χ0v) is 21.6. The maximum absolute atomic E-state index is 14.6. The van der Waals surface area contributed by atoms with E-state index < -0.39 is 23.1 Å². The van der Waals surface area contributed by atoms with E-state index in [-0.39, 0.29) is 42.7 Å². The van der Waals surface area contributed by atoms with Gasteiger partial charge in [-0.1, -0.05) is 13.0 Å². The van der Waals surface area contributed by atoms with Crippen LogP contribution in [0.25, 0.3) is 0 Å². The Morgan fingerprint density at radius 1 is 1.19 bits per heavy atom. The molecule has 0 radical (unpaired) electrons. The highest BCUT2D eigenvalue weighted by Crippen LogP contribution is 2.65. The first kappa shape index (κ1) is 27.8. The van der Waals surface area contributed by atoms with Gasteiger partial charge in [-0.05, 0) is 70.5 Å². The number of aryl methyl sites for hydroxylation is 1. The fraction of sp³-hybridized carbons (Fsp3) is 0.556. The van der Waals surface area contributed by atoms with Gasteiger partial charge in [0.15, 0.2) is 5.78 Å². The first-order valence-corrected chi connectivity index (χ1v) is 12.3. The van der Waals surface area contributed by atoms with Gasteiger partial charge in [0.2, 0.25) is 5.91 Å². The van der Waals surface area contributed by atoms with E-state index in [1.807, 2.05) is 19.0 Å². The van der Waals surface area contributed by atoms with Gasteiger partial charge in [-0.15, -0.1) is 0 Å². The van der Waals surface area contributed by atoms with Crippen molar-refractivity contribution in [1.82, 2.24) is 20.2 Å². The fourth-order valence-corrected chi connectivity index (χ4v) is 4.74. The number of nitrogens with zero attached hydrogens (tertiary/aromatic N) is 3. The van der Waals surface area contributed by atoms with Crippen molar-refractivity contribution in [2.75, 3.05) is 20.6 Å². The summed E-state index contributed by atoms with van der Waals surface area (Å²) in [6.07, 6.45) is 4.32. The largest absolute Gasteiger partial charge is 0.355 e. The standard InChI is InChI=1S/C27H35F3N4O2/c1-6-24(35)21-8-7-18(12-23(21)28)11-20(34(4)5)16-33-25(36)13-22(19-14-31-17(2)32-15-19)27(9-10-27)26(3,29)30/h7-8,12,14-15,20,22H,6,9-11,13,16H2,1-5H3,(H,33,36)/t20-,22-/m0/s1. The van der Waals surface area contributed by atoms with Crippen LogP contribution < -0.4 is 5.32 Å². The second-order valence-electron chi connectivity index (χ2n) is 10.1. The molecule has 0 aliphatic heterocycles. The van der Waals surface area contributed by atoms with E-state index in [1.165, 1.54) is 24.5 Å². The normalized spacial score (nSPS) is 16.5. The molecule has 1 fully saturated rings. The first-order chi connectivity index (χ1) is 16.9. The molecule has 9 heteroatoms. The highest BCUT2D eigenvalue weighted by Gasteiger charge is 2.63. The summed E-state index contributed by atoms with van der Waals surface area (Å²) in [6, 6.07) is 4.41. The van der Waals surface area contributed by atoms with Crippen LogP contribution in [0.5, 0.6) is 0 Å². The average Bonchev–Trinajstić information content (AvgIpc) is 3.62. The number of amides is 1. The lowest BCUT2D eigenvalue weighted by molar-refractivity contribution is -0.123. The van der Waals surface area contributed by atoms with Crippen molar-refractivity contribution in [3.05, 3.63) is 58.9 Å². The first-order valence-electron chi connectivity index (χ1n) is 12.3. The third kappa shape index (κ3) is 6.30. The molecule has 1 aromatic heterocycles. The molecule has 2 aromatic rings. The van der Waals surface area contributed by atoms with Crippen molar-refractivity contribution in [3.8, 4) is 0 Å². The number of Topliss-reactive ketones (excluding diaryl/α,β-unsaturated/α-hetero) is 1. The molecule has 0 spiro atoms. The number of likely N-dealkylation sites (N-methyl/N-ethyl adjacent to an activating group) is 1. The molecule has 0 unspecified atom stereocenters. The number of halogens is 3. The number of alkyl halides is 2. The van der Waals surface area contributed by atoms with E-state index >= 15 is 0 Å². The van der Waals surface area contributed by atoms with Crippen molar-refractivity contribution in [1.29, 1.82) is 0 Å². The van der Waals surface area contributed by atoms with Crippen LogP contribution in [0.4, 0.5) is 13.2 Å². The third-order valence-corrected chi connectivity index (χ3v) is 7.31. The highest BCUT2D eigenvalue weighted by molar-refractivity contribution is 5.96. The monoisotopic (exact) mass is 504 g/mol. The average molecular weight is 505 g/mol. The molecular weight excluding hydrogens is 469 g/mol. The Labute approximate surface area is 210 Å². The third-order valence-electron chi connectivity index (χ3n) is 7.31. The number of carbonyl (C=O) groups excluding carboxylic acids is 2. The molecule has 2 atom stereocenters. The van der Waals surface area contributed by atoms with E-state index in [9.17, 15) is 22.8 Å². The van der Waals surface area contributed by atoms with Crippen LogP contribution in [-0.4, -0.2) is 59.2 Å². The summed E-state index contributed by atoms with van der Waals surface area (Å²) < 4.78 is 43.6. The maximum atomic E-state index is 14.6. The molecule has 1 aliphatic carbocycles. The molecule has 6 nitrogen and oxygen atoms in total. The van der Waals surface area contributed by atoms with Crippen molar-refractivity contribution in [2.45, 2.75) is 70.8 Å². The van der Waals surface area contributed by atoms with Gasteiger partial charge in [0.25, 0.3) is 5.92 Å². The number of carbonyl (C=O) groups is 2. The molecule has 3 rings (SSSR count). The molecule has 0 saturated heterocycles. The Balaban J connectivity index is 1.69. The predicted octanol–water partition coefficient (Wildman–Crippen LogP) is 4.72. The number of aromatic nitrogens is 2. The lowest BCUT2D eigenvalue weighted by atomic mass is 9.78. The van der Waals surface area contributed by atoms with Crippen molar-refractivity contribution < 1.29 is 22.8 Å². The summed E-state index contributed by atoms with van der Waals surface area (Å²) in [6.45, 7) is 4.58. The second-order valence-corrected chi connectivity index (χ2v) is 10.1. The summed E-state index contributed by atoms with van der Waals surface area (Å²) in [7, 11) is 3.71. The van der Waals surface area contributed by atoms with E-state index in [0.717, 1.165) is 6.92 Å². The summed E-state index contributed by atoms with van der Waals surface area (Å²) in [5, 5.41) is 2.89. The molecule has 0 bridgehead atoms. The molecular formula is C27H35F3N4O2. The molecule has 1 aromatic carbocycles. The van der Waals surface area contributed by atoms with Crippen LogP contribution in [0.2, 0.25) is 0 Å². The molecule has 1 amide bonds. The number of benzene rings is 1. The van der Waals surface area contributed by atoms with Crippen molar-refractivity contribution in [3.63, 3.8) is 0 Å². The van der Waals surface area contributed by atoms with Gasteiger partial charge in [0.05, 0.1) is 5.56 Å². The lowest BCUT2D eigenvalue weighted by Gasteiger charge is -2.32. The van der Waals surface area contributed by atoms with E-state index in [1.54, 1.807) is 19.9 Å². The number of rotatable bonds is 12. The Bertz CT molecular complexity index is 1080. The smallest absolute Gasteiger partial charge is 0.251 e. The zero-order valence-electron chi connectivity index (χ0n) is 21.6. The van der Waals surface area contributed by atoms with Gasteiger partial charge < -0.3 is 10.2 Å². The number of hydrogen-bond donors (Lipinski definition) is 1. The minimum Gasteiger partial charge on any atom is -0.355 e. The molecule has 1 aliphatic rings. The second kappa shape index (κ2) is 11.1. The minimum absolute atomic E-state index is 0.0730. The number of ketones is 1. The summed E-state index contributed by atoms with van der Waals surface area (Å²) in [5.74, 6) is -4.25. The Hall–Kier alpha value is -2.81. The van der Waals surface area contributed by atoms with Crippen LogP contribution in [0.15, 0.2) is 30.6 Å². The SMILES string of the molecule is CCC(=O)c1ccc(C[C@@H](CNC(=O)C[C@@H](c2cnc(C)nc2)C2(C(C)(F)F)CC2)N(C)C)cc1F. The maximum Gasteiger partial charge on any atom is 0.251 e. The topological polar surface area (TPSA) is 75.2 Å². The van der Waals surface area contributed by atoms with Crippen LogP contribution >= 0.6 is 0 Å². The molecule has 1 heterocycles. The van der Waals surface area contributed by atoms with Crippen LogP contribution in [0, 0.1) is 18.2 Å². The Morgan fingerprint density at radius 3 is 2.33 bits per heavy atom. The van der Waals surface area contributed by atoms with Gasteiger partial charge in [-0.25, -0.2) is 23.1 Å². The van der Waals surface area contributed by atoms with Crippen molar-refractivity contribution in [2.24, 2.45) is 5.41 Å². The highest BCUT2D eigenvalue weighted by atomic mass is 19.3. The Morgan fingerprint density at radius 2 is 1.83 bits per heavy atom. The van der Waals surface area contributed by atoms with E-state index in [4.69, 9.17) is 0 Å². The van der Waals surface area contributed by atoms with Gasteiger partial charge in [0.1, 0.15) is 11.6 Å². The minimum atomic E-state index is -2.94. The number of hydrogen-bond acceptors (Lipinski definition) is 5. The summed E-state index contributed by atoms with van der Waals surface area (Å²) >= 11 is 0. The van der Waals surface area contributed by atoms with Gasteiger partial charge in [-0.3, -0.25) is 9.59 Å². The molecule has 1 saturated carbocycles. The lowest BCUT2D eigenvalue weighted by Crippen LogP contribution is -2.43. The van der Waals surface area contributed by atoms with E-state index in [0.29, 0.717) is 36.2 Å². The van der Waals surface area contributed by atoms with Gasteiger partial charge in [-0.2, -0.15) is 0 Å². The quantitative estimate of drug-likeness (QED) is 0.424. The van der Waals surface area contributed by atoms with Crippen LogP contribution in [0.3, 0.4) is 0 Å². The van der Waals surface area contributed by atoms with Gasteiger partial charge >= 0.3 is 0 Å². The van der Waals surface area contributed by atoms with E-state index in [2.05, 4.69) is 15.3 Å². The molecule has 1 N–H and O–H groups in total. The number of nitrogens with one attached hydrogen (secondary N) is 1. The van der Waals surface area contributed by atoms with Crippen molar-refractivity contribution >= 4 is 11.7 Å². The molecule has 196 valence electrons. The Kier molecular flexibility index (Phi) is 8.54. The summed E-state index contributed by atoms with van der Waals surface area (Å²) in [4.78, 5) is 35.0. The molecule has 36 heavy (non-hydrogen) atoms. The van der Waals surface area contributed by atoms with Crippen LogP contribution in [0.1, 0.15) is 72.8 Å². The van der Waals surface area contributed by atoms with Crippen LogP contribution in [-0.2, 0) is 11.2 Å².